The number of amides is 1. The van der Waals surface area contributed by atoms with Crippen molar-refractivity contribution in [1.29, 1.82) is 0 Å². The Hall–Kier alpha value is -0.990. The minimum atomic E-state index is -0.396. The summed E-state index contributed by atoms with van der Waals surface area (Å²) in [5.41, 5.74) is -0.396. The second-order valence-electron chi connectivity index (χ2n) is 4.54. The van der Waals surface area contributed by atoms with Gasteiger partial charge in [0.15, 0.2) is 0 Å². The molecule has 0 saturated heterocycles. The van der Waals surface area contributed by atoms with E-state index in [1.807, 2.05) is 26.8 Å². The standard InChI is InChI=1S/C11H19NO2/c1-11(2,3)14-10(13)12-8-6-4-5-7-9-12/h4,6H,5,7-9H2,1-3H3. The lowest BCUT2D eigenvalue weighted by molar-refractivity contribution is 0.0273. The van der Waals surface area contributed by atoms with E-state index < -0.39 is 5.60 Å². The van der Waals surface area contributed by atoms with E-state index in [0.717, 1.165) is 19.4 Å². The number of rotatable bonds is 0. The van der Waals surface area contributed by atoms with Gasteiger partial charge in [-0.25, -0.2) is 4.79 Å². The number of allylic oxidation sites excluding steroid dienone is 1. The van der Waals surface area contributed by atoms with Gasteiger partial charge in [0.2, 0.25) is 0 Å². The fourth-order valence-electron chi connectivity index (χ4n) is 1.30. The Balaban J connectivity index is 2.47. The minimum Gasteiger partial charge on any atom is -0.444 e. The summed E-state index contributed by atoms with van der Waals surface area (Å²) in [6.07, 6.45) is 6.01. The van der Waals surface area contributed by atoms with Crippen LogP contribution in [-0.4, -0.2) is 29.7 Å². The molecule has 0 aromatic rings. The van der Waals surface area contributed by atoms with Gasteiger partial charge < -0.3 is 9.64 Å². The number of nitrogens with zero attached hydrogens (tertiary/aromatic N) is 1. The van der Waals surface area contributed by atoms with Gasteiger partial charge in [-0.3, -0.25) is 0 Å². The average Bonchev–Trinajstić information content (AvgIpc) is 2.27. The molecule has 3 nitrogen and oxygen atoms in total. The van der Waals surface area contributed by atoms with Crippen molar-refractivity contribution < 1.29 is 9.53 Å². The molecule has 0 bridgehead atoms. The van der Waals surface area contributed by atoms with E-state index in [1.165, 1.54) is 0 Å². The summed E-state index contributed by atoms with van der Waals surface area (Å²) >= 11 is 0. The number of carbonyl (C=O) groups excluding carboxylic acids is 1. The van der Waals surface area contributed by atoms with Crippen LogP contribution in [0, 0.1) is 0 Å². The molecule has 0 unspecified atom stereocenters. The fourth-order valence-corrected chi connectivity index (χ4v) is 1.30. The lowest BCUT2D eigenvalue weighted by Gasteiger charge is -2.25. The van der Waals surface area contributed by atoms with E-state index in [4.69, 9.17) is 4.74 Å². The van der Waals surface area contributed by atoms with Gasteiger partial charge in [0, 0.05) is 13.1 Å². The molecule has 0 aromatic carbocycles. The molecule has 1 aliphatic heterocycles. The first kappa shape index (κ1) is 11.1. The maximum Gasteiger partial charge on any atom is 0.410 e. The van der Waals surface area contributed by atoms with Gasteiger partial charge in [0.25, 0.3) is 0 Å². The number of carbonyl (C=O) groups is 1. The predicted molar refractivity (Wildman–Crippen MR) is 56.2 cm³/mol. The highest BCUT2D eigenvalue weighted by Crippen LogP contribution is 2.11. The van der Waals surface area contributed by atoms with Gasteiger partial charge in [-0.05, 0) is 33.6 Å². The first-order valence-corrected chi connectivity index (χ1v) is 5.12. The Bertz CT molecular complexity index is 228. The highest BCUT2D eigenvalue weighted by atomic mass is 16.6. The Kier molecular flexibility index (Phi) is 3.55. The maximum absolute atomic E-state index is 11.6. The van der Waals surface area contributed by atoms with Crippen LogP contribution in [0.4, 0.5) is 4.79 Å². The molecule has 1 amide bonds. The Morgan fingerprint density at radius 3 is 2.71 bits per heavy atom. The monoisotopic (exact) mass is 197 g/mol. The molecular formula is C11H19NO2. The van der Waals surface area contributed by atoms with E-state index in [1.54, 1.807) is 4.90 Å². The van der Waals surface area contributed by atoms with Crippen LogP contribution in [-0.2, 0) is 4.74 Å². The molecule has 0 saturated carbocycles. The molecular weight excluding hydrogens is 178 g/mol. The first-order valence-electron chi connectivity index (χ1n) is 5.12. The molecule has 0 aromatic heterocycles. The van der Waals surface area contributed by atoms with Crippen LogP contribution in [0.1, 0.15) is 33.6 Å². The molecule has 0 atom stereocenters. The second-order valence-corrected chi connectivity index (χ2v) is 4.54. The normalized spacial score (nSPS) is 17.8. The summed E-state index contributed by atoms with van der Waals surface area (Å²) in [6, 6.07) is 0. The van der Waals surface area contributed by atoms with E-state index >= 15 is 0 Å². The molecule has 0 fully saturated rings. The van der Waals surface area contributed by atoms with Crippen molar-refractivity contribution in [3.05, 3.63) is 12.2 Å². The number of hydrogen-bond acceptors (Lipinski definition) is 2. The largest absolute Gasteiger partial charge is 0.444 e. The topological polar surface area (TPSA) is 29.5 Å². The summed E-state index contributed by atoms with van der Waals surface area (Å²) in [4.78, 5) is 13.4. The van der Waals surface area contributed by atoms with Gasteiger partial charge in [-0.15, -0.1) is 0 Å². The molecule has 1 rings (SSSR count). The van der Waals surface area contributed by atoms with E-state index in [-0.39, 0.29) is 6.09 Å². The molecule has 14 heavy (non-hydrogen) atoms. The number of hydrogen-bond donors (Lipinski definition) is 0. The van der Waals surface area contributed by atoms with E-state index in [0.29, 0.717) is 6.54 Å². The third-order valence-corrected chi connectivity index (χ3v) is 1.94. The zero-order valence-electron chi connectivity index (χ0n) is 9.25. The van der Waals surface area contributed by atoms with Crippen LogP contribution < -0.4 is 0 Å². The zero-order valence-corrected chi connectivity index (χ0v) is 9.25. The molecule has 1 heterocycles. The smallest absolute Gasteiger partial charge is 0.410 e. The molecule has 0 N–H and O–H groups in total. The summed E-state index contributed by atoms with van der Waals surface area (Å²) in [5.74, 6) is 0. The van der Waals surface area contributed by atoms with Crippen LogP contribution in [0.3, 0.4) is 0 Å². The van der Waals surface area contributed by atoms with Crippen LogP contribution in [0.15, 0.2) is 12.2 Å². The van der Waals surface area contributed by atoms with Crippen LogP contribution in [0.2, 0.25) is 0 Å². The fraction of sp³-hybridized carbons (Fsp3) is 0.727. The summed E-state index contributed by atoms with van der Waals surface area (Å²) < 4.78 is 5.29. The van der Waals surface area contributed by atoms with Crippen molar-refractivity contribution in [1.82, 2.24) is 4.90 Å². The molecule has 0 radical (unpaired) electrons. The van der Waals surface area contributed by atoms with Gasteiger partial charge in [0.1, 0.15) is 5.60 Å². The van der Waals surface area contributed by atoms with Crippen LogP contribution in [0.5, 0.6) is 0 Å². The Labute approximate surface area is 85.7 Å². The predicted octanol–water partition coefficient (Wildman–Crippen LogP) is 2.57. The molecule has 0 spiro atoms. The molecule has 3 heteroatoms. The van der Waals surface area contributed by atoms with Crippen molar-refractivity contribution in [2.75, 3.05) is 13.1 Å². The highest BCUT2D eigenvalue weighted by molar-refractivity contribution is 5.68. The van der Waals surface area contributed by atoms with E-state index in [2.05, 4.69) is 6.08 Å². The average molecular weight is 197 g/mol. The SMILES string of the molecule is CC(C)(C)OC(=O)N1CC=CCCC1. The summed E-state index contributed by atoms with van der Waals surface area (Å²) in [7, 11) is 0. The van der Waals surface area contributed by atoms with E-state index in [9.17, 15) is 4.79 Å². The Morgan fingerprint density at radius 2 is 2.07 bits per heavy atom. The lowest BCUT2D eigenvalue weighted by Crippen LogP contribution is -2.37. The molecule has 1 aliphatic rings. The van der Waals surface area contributed by atoms with Crippen molar-refractivity contribution in [3.8, 4) is 0 Å². The van der Waals surface area contributed by atoms with Crippen LogP contribution in [0.25, 0.3) is 0 Å². The lowest BCUT2D eigenvalue weighted by atomic mass is 10.2. The third-order valence-electron chi connectivity index (χ3n) is 1.94. The molecule has 0 aliphatic carbocycles. The minimum absolute atomic E-state index is 0.205. The van der Waals surface area contributed by atoms with Gasteiger partial charge in [0.05, 0.1) is 0 Å². The van der Waals surface area contributed by atoms with Crippen molar-refractivity contribution in [2.45, 2.75) is 39.2 Å². The van der Waals surface area contributed by atoms with Crippen molar-refractivity contribution in [2.24, 2.45) is 0 Å². The van der Waals surface area contributed by atoms with Crippen molar-refractivity contribution in [3.63, 3.8) is 0 Å². The Morgan fingerprint density at radius 1 is 1.36 bits per heavy atom. The quantitative estimate of drug-likeness (QED) is 0.558. The first-order chi connectivity index (χ1) is 6.49. The molecule has 80 valence electrons. The maximum atomic E-state index is 11.6. The van der Waals surface area contributed by atoms with Crippen LogP contribution >= 0.6 is 0 Å². The third kappa shape index (κ3) is 3.81. The zero-order chi connectivity index (χ0) is 10.6. The summed E-state index contributed by atoms with van der Waals surface area (Å²) in [5, 5.41) is 0. The van der Waals surface area contributed by atoms with Crippen molar-refractivity contribution >= 4 is 6.09 Å². The summed E-state index contributed by atoms with van der Waals surface area (Å²) in [6.45, 7) is 7.13. The van der Waals surface area contributed by atoms with Gasteiger partial charge >= 0.3 is 6.09 Å². The van der Waals surface area contributed by atoms with Gasteiger partial charge in [-0.1, -0.05) is 12.2 Å². The second kappa shape index (κ2) is 4.49. The number of ether oxygens (including phenoxy) is 1. The van der Waals surface area contributed by atoms with Gasteiger partial charge in [-0.2, -0.15) is 0 Å². The highest BCUT2D eigenvalue weighted by Gasteiger charge is 2.21.